The number of amides is 1. The summed E-state index contributed by atoms with van der Waals surface area (Å²) >= 11 is 0. The van der Waals surface area contributed by atoms with Gasteiger partial charge in [0.05, 0.1) is 14.2 Å². The van der Waals surface area contributed by atoms with Crippen molar-refractivity contribution in [2.24, 2.45) is 0 Å². The maximum Gasteiger partial charge on any atom is 0.254 e. The third-order valence-corrected chi connectivity index (χ3v) is 2.99. The second-order valence-corrected chi connectivity index (χ2v) is 4.10. The summed E-state index contributed by atoms with van der Waals surface area (Å²) in [5.74, 6) is 1.35. The number of likely N-dealkylation sites (tertiary alicyclic amines) is 1. The summed E-state index contributed by atoms with van der Waals surface area (Å²) in [4.78, 5) is 14.1. The Morgan fingerprint density at radius 2 is 1.59 bits per heavy atom. The fourth-order valence-corrected chi connectivity index (χ4v) is 2.03. The van der Waals surface area contributed by atoms with Gasteiger partial charge in [-0.25, -0.2) is 0 Å². The number of methoxy groups -OCH3 is 2. The molecule has 1 amide bonds. The number of carbonyl (C=O) groups excluding carboxylic acids is 1. The van der Waals surface area contributed by atoms with Gasteiger partial charge in [-0.1, -0.05) is 0 Å². The van der Waals surface area contributed by atoms with E-state index in [1.54, 1.807) is 32.4 Å². The second-order valence-electron chi connectivity index (χ2n) is 4.10. The molecule has 1 aromatic carbocycles. The van der Waals surface area contributed by atoms with Crippen LogP contribution in [0.25, 0.3) is 0 Å². The van der Waals surface area contributed by atoms with Gasteiger partial charge in [0.1, 0.15) is 11.5 Å². The Bertz CT molecular complexity index is 389. The normalized spacial score (nSPS) is 14.8. The lowest BCUT2D eigenvalue weighted by atomic mass is 10.1. The highest BCUT2D eigenvalue weighted by Crippen LogP contribution is 2.24. The van der Waals surface area contributed by atoms with E-state index < -0.39 is 0 Å². The van der Waals surface area contributed by atoms with Gasteiger partial charge in [0, 0.05) is 24.7 Å². The monoisotopic (exact) mass is 235 g/mol. The average molecular weight is 235 g/mol. The molecular formula is C13H17NO3. The molecule has 0 aliphatic carbocycles. The van der Waals surface area contributed by atoms with Crippen molar-refractivity contribution in [2.75, 3.05) is 27.3 Å². The quantitative estimate of drug-likeness (QED) is 0.803. The zero-order valence-corrected chi connectivity index (χ0v) is 10.2. The molecular weight excluding hydrogens is 218 g/mol. The Labute approximate surface area is 101 Å². The van der Waals surface area contributed by atoms with E-state index in [1.165, 1.54) is 0 Å². The van der Waals surface area contributed by atoms with Gasteiger partial charge in [-0.2, -0.15) is 0 Å². The number of benzene rings is 1. The Hall–Kier alpha value is -1.71. The maximum absolute atomic E-state index is 12.2. The molecule has 0 N–H and O–H groups in total. The highest BCUT2D eigenvalue weighted by Gasteiger charge is 2.20. The summed E-state index contributed by atoms with van der Waals surface area (Å²) in [6, 6.07) is 5.27. The van der Waals surface area contributed by atoms with E-state index in [2.05, 4.69) is 0 Å². The first-order chi connectivity index (χ1) is 8.24. The Kier molecular flexibility index (Phi) is 3.52. The van der Waals surface area contributed by atoms with Crippen LogP contribution in [-0.2, 0) is 0 Å². The maximum atomic E-state index is 12.2. The van der Waals surface area contributed by atoms with E-state index in [4.69, 9.17) is 9.47 Å². The van der Waals surface area contributed by atoms with Crippen molar-refractivity contribution in [3.8, 4) is 11.5 Å². The molecule has 1 aliphatic rings. The average Bonchev–Trinajstić information content (AvgIpc) is 2.91. The van der Waals surface area contributed by atoms with E-state index in [0.29, 0.717) is 17.1 Å². The predicted octanol–water partition coefficient (Wildman–Crippen LogP) is 1.94. The van der Waals surface area contributed by atoms with Crippen LogP contribution in [0.5, 0.6) is 11.5 Å². The van der Waals surface area contributed by atoms with Crippen molar-refractivity contribution >= 4 is 5.91 Å². The van der Waals surface area contributed by atoms with Crippen LogP contribution >= 0.6 is 0 Å². The molecule has 0 atom stereocenters. The molecule has 0 unspecified atom stereocenters. The predicted molar refractivity (Wildman–Crippen MR) is 64.7 cm³/mol. The van der Waals surface area contributed by atoms with Crippen molar-refractivity contribution in [3.63, 3.8) is 0 Å². The van der Waals surface area contributed by atoms with Crippen molar-refractivity contribution in [1.29, 1.82) is 0 Å². The number of hydrogen-bond acceptors (Lipinski definition) is 3. The zero-order valence-electron chi connectivity index (χ0n) is 10.2. The molecule has 92 valence electrons. The lowest BCUT2D eigenvalue weighted by Gasteiger charge is -2.16. The molecule has 17 heavy (non-hydrogen) atoms. The Morgan fingerprint density at radius 3 is 2.06 bits per heavy atom. The number of rotatable bonds is 3. The third-order valence-electron chi connectivity index (χ3n) is 2.99. The molecule has 1 fully saturated rings. The summed E-state index contributed by atoms with van der Waals surface area (Å²) in [6.45, 7) is 1.69. The first kappa shape index (κ1) is 11.8. The number of ether oxygens (including phenoxy) is 2. The van der Waals surface area contributed by atoms with Gasteiger partial charge in [-0.05, 0) is 25.0 Å². The minimum absolute atomic E-state index is 0.0553. The summed E-state index contributed by atoms with van der Waals surface area (Å²) in [5, 5.41) is 0. The molecule has 1 aromatic rings. The molecule has 4 nitrogen and oxygen atoms in total. The summed E-state index contributed by atoms with van der Waals surface area (Å²) < 4.78 is 10.3. The van der Waals surface area contributed by atoms with Crippen LogP contribution in [0, 0.1) is 0 Å². The van der Waals surface area contributed by atoms with Gasteiger partial charge < -0.3 is 14.4 Å². The Balaban J connectivity index is 2.26. The summed E-state index contributed by atoms with van der Waals surface area (Å²) in [7, 11) is 3.16. The van der Waals surface area contributed by atoms with Crippen LogP contribution in [0.3, 0.4) is 0 Å². The van der Waals surface area contributed by atoms with Gasteiger partial charge in [0.2, 0.25) is 0 Å². The SMILES string of the molecule is COc1cc(OC)cc(C(=O)N2CCCC2)c1. The Morgan fingerprint density at radius 1 is 1.06 bits per heavy atom. The minimum atomic E-state index is 0.0553. The summed E-state index contributed by atoms with van der Waals surface area (Å²) in [5.41, 5.74) is 0.628. The van der Waals surface area contributed by atoms with Crippen LogP contribution in [0.4, 0.5) is 0 Å². The van der Waals surface area contributed by atoms with E-state index in [9.17, 15) is 4.79 Å². The van der Waals surface area contributed by atoms with Gasteiger partial charge in [0.15, 0.2) is 0 Å². The van der Waals surface area contributed by atoms with Gasteiger partial charge in [-0.3, -0.25) is 4.79 Å². The number of nitrogens with zero attached hydrogens (tertiary/aromatic N) is 1. The number of hydrogen-bond donors (Lipinski definition) is 0. The lowest BCUT2D eigenvalue weighted by molar-refractivity contribution is 0.0792. The fraction of sp³-hybridized carbons (Fsp3) is 0.462. The highest BCUT2D eigenvalue weighted by molar-refractivity contribution is 5.95. The van der Waals surface area contributed by atoms with Crippen LogP contribution in [-0.4, -0.2) is 38.1 Å². The van der Waals surface area contributed by atoms with E-state index in [-0.39, 0.29) is 5.91 Å². The van der Waals surface area contributed by atoms with Crippen molar-refractivity contribution in [3.05, 3.63) is 23.8 Å². The fourth-order valence-electron chi connectivity index (χ4n) is 2.03. The molecule has 0 radical (unpaired) electrons. The van der Waals surface area contributed by atoms with Gasteiger partial charge >= 0.3 is 0 Å². The third kappa shape index (κ3) is 2.52. The first-order valence-corrected chi connectivity index (χ1v) is 5.77. The first-order valence-electron chi connectivity index (χ1n) is 5.77. The van der Waals surface area contributed by atoms with Gasteiger partial charge in [0.25, 0.3) is 5.91 Å². The van der Waals surface area contributed by atoms with Crippen LogP contribution in [0.2, 0.25) is 0 Å². The molecule has 1 heterocycles. The molecule has 0 bridgehead atoms. The molecule has 2 rings (SSSR count). The molecule has 0 aromatic heterocycles. The second kappa shape index (κ2) is 5.08. The highest BCUT2D eigenvalue weighted by atomic mass is 16.5. The van der Waals surface area contributed by atoms with E-state index >= 15 is 0 Å². The van der Waals surface area contributed by atoms with Gasteiger partial charge in [-0.15, -0.1) is 0 Å². The van der Waals surface area contributed by atoms with Crippen molar-refractivity contribution in [1.82, 2.24) is 4.90 Å². The summed E-state index contributed by atoms with van der Waals surface area (Å²) in [6.07, 6.45) is 2.18. The van der Waals surface area contributed by atoms with E-state index in [1.807, 2.05) is 4.90 Å². The molecule has 1 saturated heterocycles. The number of carbonyl (C=O) groups is 1. The standard InChI is InChI=1S/C13H17NO3/c1-16-11-7-10(8-12(9-11)17-2)13(15)14-5-3-4-6-14/h7-9H,3-6H2,1-2H3. The minimum Gasteiger partial charge on any atom is -0.497 e. The molecule has 1 aliphatic heterocycles. The van der Waals surface area contributed by atoms with Crippen molar-refractivity contribution < 1.29 is 14.3 Å². The van der Waals surface area contributed by atoms with E-state index in [0.717, 1.165) is 25.9 Å². The zero-order chi connectivity index (χ0) is 12.3. The van der Waals surface area contributed by atoms with Crippen LogP contribution in [0.1, 0.15) is 23.2 Å². The topological polar surface area (TPSA) is 38.8 Å². The molecule has 0 saturated carbocycles. The van der Waals surface area contributed by atoms with Crippen molar-refractivity contribution in [2.45, 2.75) is 12.8 Å². The largest absolute Gasteiger partial charge is 0.497 e. The van der Waals surface area contributed by atoms with Crippen LogP contribution in [0.15, 0.2) is 18.2 Å². The van der Waals surface area contributed by atoms with Crippen LogP contribution < -0.4 is 9.47 Å². The smallest absolute Gasteiger partial charge is 0.254 e. The molecule has 4 heteroatoms. The molecule has 0 spiro atoms. The lowest BCUT2D eigenvalue weighted by Crippen LogP contribution is -2.27.